The van der Waals surface area contributed by atoms with Crippen molar-refractivity contribution in [3.05, 3.63) is 12.5 Å². The van der Waals surface area contributed by atoms with Crippen molar-refractivity contribution in [2.75, 3.05) is 0 Å². The Labute approximate surface area is 55.5 Å². The maximum Gasteiger partial charge on any atom is 0.150 e. The van der Waals surface area contributed by atoms with Crippen molar-refractivity contribution in [3.8, 4) is 0 Å². The monoisotopic (exact) mass is 131 g/mol. The van der Waals surface area contributed by atoms with Crippen molar-refractivity contribution < 1.29 is 9.88 Å². The molecule has 0 bridgehead atoms. The van der Waals surface area contributed by atoms with Gasteiger partial charge in [0.15, 0.2) is 0 Å². The fraction of sp³-hybridized carbons (Fsp3) is 0.667. The van der Waals surface area contributed by atoms with E-state index in [0.717, 1.165) is 0 Å². The van der Waals surface area contributed by atoms with Gasteiger partial charge in [0.05, 0.1) is 6.20 Å². The zero-order valence-corrected chi connectivity index (χ0v) is 5.89. The summed E-state index contributed by atoms with van der Waals surface area (Å²) in [6.45, 7) is 4.36. The molecule has 0 aromatic rings. The highest BCUT2D eigenvalue weighted by Gasteiger charge is 1.81. The van der Waals surface area contributed by atoms with Crippen molar-refractivity contribution in [3.63, 3.8) is 0 Å². The number of hydrogen-bond acceptors (Lipinski definition) is 3. The minimum Gasteiger partial charge on any atom is -0.321 e. The van der Waals surface area contributed by atoms with Gasteiger partial charge in [-0.25, -0.2) is 5.48 Å². The van der Waals surface area contributed by atoms with Gasteiger partial charge >= 0.3 is 0 Å². The number of nitrogens with one attached hydrogen (secondary N) is 1. The van der Waals surface area contributed by atoms with Crippen molar-refractivity contribution in [2.45, 2.75) is 26.7 Å². The van der Waals surface area contributed by atoms with Gasteiger partial charge in [0.1, 0.15) is 6.26 Å². The standard InChI is InChI=1S/C4H10.C2H3NO2/c1-3-4-2;1-2-4-5-3-1/h3-4H2,1-2H3;1-3H. The Morgan fingerprint density at radius 1 is 1.33 bits per heavy atom. The Morgan fingerprint density at radius 2 is 2.00 bits per heavy atom. The minimum atomic E-state index is 1.32. The van der Waals surface area contributed by atoms with E-state index in [1.54, 1.807) is 6.20 Å². The molecule has 0 fully saturated rings. The maximum absolute atomic E-state index is 4.15. The normalized spacial score (nSPS) is 13.1. The Balaban J connectivity index is 0.000000148. The van der Waals surface area contributed by atoms with E-state index in [0.29, 0.717) is 0 Å². The third kappa shape index (κ3) is 7.30. The van der Waals surface area contributed by atoms with Gasteiger partial charge in [-0.15, -0.1) is 0 Å². The lowest BCUT2D eigenvalue weighted by atomic mass is 10.4. The van der Waals surface area contributed by atoms with E-state index in [4.69, 9.17) is 0 Å². The first-order valence-corrected chi connectivity index (χ1v) is 3.14. The highest BCUT2D eigenvalue weighted by molar-refractivity contribution is 4.65. The summed E-state index contributed by atoms with van der Waals surface area (Å²) < 4.78 is 0. The smallest absolute Gasteiger partial charge is 0.150 e. The number of hydrogen-bond donors (Lipinski definition) is 1. The summed E-state index contributed by atoms with van der Waals surface area (Å²) >= 11 is 0. The number of hydroxylamine groups is 1. The summed E-state index contributed by atoms with van der Waals surface area (Å²) in [6.07, 6.45) is 5.58. The molecular formula is C6H13NO2. The molecule has 0 saturated carbocycles. The summed E-state index contributed by atoms with van der Waals surface area (Å²) in [6, 6.07) is 0. The molecule has 9 heavy (non-hydrogen) atoms. The summed E-state index contributed by atoms with van der Waals surface area (Å²) in [5.41, 5.74) is 2.32. The molecule has 1 heterocycles. The molecule has 0 aliphatic carbocycles. The lowest BCUT2D eigenvalue weighted by Gasteiger charge is -1.81. The molecule has 1 N–H and O–H groups in total. The van der Waals surface area contributed by atoms with Crippen LogP contribution >= 0.6 is 0 Å². The van der Waals surface area contributed by atoms with Gasteiger partial charge in [0.2, 0.25) is 0 Å². The quantitative estimate of drug-likeness (QED) is 0.550. The summed E-state index contributed by atoms with van der Waals surface area (Å²) in [5.74, 6) is 0. The molecule has 0 unspecified atom stereocenters. The first-order valence-electron chi connectivity index (χ1n) is 3.14. The van der Waals surface area contributed by atoms with E-state index in [1.165, 1.54) is 19.1 Å². The Morgan fingerprint density at radius 3 is 2.11 bits per heavy atom. The second-order valence-electron chi connectivity index (χ2n) is 1.60. The maximum atomic E-state index is 4.15. The molecule has 1 aliphatic rings. The van der Waals surface area contributed by atoms with Gasteiger partial charge in [0.25, 0.3) is 0 Å². The zero-order chi connectivity index (χ0) is 6.95. The summed E-state index contributed by atoms with van der Waals surface area (Å²) in [7, 11) is 0. The average Bonchev–Trinajstić information content (AvgIpc) is 2.43. The molecule has 1 rings (SSSR count). The third-order valence-corrected chi connectivity index (χ3v) is 0.788. The van der Waals surface area contributed by atoms with Crippen LogP contribution in [0.5, 0.6) is 0 Å². The summed E-state index contributed by atoms with van der Waals surface area (Å²) in [5, 5.41) is 0. The van der Waals surface area contributed by atoms with E-state index >= 15 is 0 Å². The van der Waals surface area contributed by atoms with Crippen LogP contribution in [-0.2, 0) is 9.88 Å². The molecule has 0 radical (unpaired) electrons. The van der Waals surface area contributed by atoms with Crippen LogP contribution in [0.3, 0.4) is 0 Å². The summed E-state index contributed by atoms with van der Waals surface area (Å²) in [4.78, 5) is 8.24. The van der Waals surface area contributed by atoms with Gasteiger partial charge in [0, 0.05) is 0 Å². The number of unbranched alkanes of at least 4 members (excludes halogenated alkanes) is 1. The van der Waals surface area contributed by atoms with Crippen molar-refractivity contribution in [2.24, 2.45) is 0 Å². The van der Waals surface area contributed by atoms with E-state index in [2.05, 4.69) is 29.2 Å². The Kier molecular flexibility index (Phi) is 6.73. The fourth-order valence-corrected chi connectivity index (χ4v) is 0.139. The van der Waals surface area contributed by atoms with Gasteiger partial charge in [-0.3, -0.25) is 0 Å². The van der Waals surface area contributed by atoms with Gasteiger partial charge in [-0.05, 0) is 0 Å². The van der Waals surface area contributed by atoms with Crippen molar-refractivity contribution >= 4 is 0 Å². The van der Waals surface area contributed by atoms with E-state index in [1.807, 2.05) is 0 Å². The van der Waals surface area contributed by atoms with E-state index < -0.39 is 0 Å². The van der Waals surface area contributed by atoms with E-state index in [9.17, 15) is 0 Å². The zero-order valence-electron chi connectivity index (χ0n) is 5.89. The highest BCUT2D eigenvalue weighted by Crippen LogP contribution is 1.80. The van der Waals surface area contributed by atoms with Crippen molar-refractivity contribution in [1.29, 1.82) is 0 Å². The van der Waals surface area contributed by atoms with Crippen LogP contribution in [0, 0.1) is 0 Å². The second-order valence-corrected chi connectivity index (χ2v) is 1.60. The fourth-order valence-electron chi connectivity index (χ4n) is 0.139. The molecule has 0 spiro atoms. The third-order valence-electron chi connectivity index (χ3n) is 0.788. The van der Waals surface area contributed by atoms with E-state index in [-0.39, 0.29) is 0 Å². The first-order chi connectivity index (χ1) is 4.41. The molecule has 0 atom stereocenters. The van der Waals surface area contributed by atoms with Crippen LogP contribution in [0.1, 0.15) is 26.7 Å². The SMILES string of the molecule is C1=COON1.CCCC. The van der Waals surface area contributed by atoms with Crippen molar-refractivity contribution in [1.82, 2.24) is 5.48 Å². The molecule has 0 amide bonds. The topological polar surface area (TPSA) is 30.5 Å². The number of rotatable bonds is 1. The molecule has 0 saturated heterocycles. The largest absolute Gasteiger partial charge is 0.321 e. The molecule has 0 aromatic heterocycles. The van der Waals surface area contributed by atoms with Gasteiger partial charge in [-0.2, -0.15) is 0 Å². The molecule has 0 aromatic carbocycles. The highest BCUT2D eigenvalue weighted by atomic mass is 17.3. The predicted molar refractivity (Wildman–Crippen MR) is 35.0 cm³/mol. The van der Waals surface area contributed by atoms with Gasteiger partial charge < -0.3 is 4.89 Å². The molecule has 1 aliphatic heterocycles. The Hall–Kier alpha value is -0.700. The average molecular weight is 131 g/mol. The lowest BCUT2D eigenvalue weighted by Crippen LogP contribution is -1.94. The molecular weight excluding hydrogens is 118 g/mol. The molecule has 3 nitrogen and oxygen atoms in total. The second kappa shape index (κ2) is 7.30. The Bertz CT molecular complexity index is 65.5. The lowest BCUT2D eigenvalue weighted by molar-refractivity contribution is -0.264. The van der Waals surface area contributed by atoms with Crippen LogP contribution in [0.4, 0.5) is 0 Å². The van der Waals surface area contributed by atoms with Crippen LogP contribution in [0.2, 0.25) is 0 Å². The van der Waals surface area contributed by atoms with Crippen LogP contribution in [0.25, 0.3) is 0 Å². The predicted octanol–water partition coefficient (Wildman–Crippen LogP) is 1.73. The van der Waals surface area contributed by atoms with Crippen LogP contribution in [0.15, 0.2) is 12.5 Å². The molecule has 54 valence electrons. The van der Waals surface area contributed by atoms with Crippen LogP contribution in [-0.4, -0.2) is 0 Å². The minimum absolute atomic E-state index is 1.32. The van der Waals surface area contributed by atoms with Gasteiger partial charge in [-0.1, -0.05) is 31.7 Å². The first kappa shape index (κ1) is 8.30. The molecule has 3 heteroatoms. The van der Waals surface area contributed by atoms with Crippen LogP contribution < -0.4 is 5.48 Å².